The van der Waals surface area contributed by atoms with Crippen LogP contribution in [0.1, 0.15) is 64.5 Å². The van der Waals surface area contributed by atoms with Gasteiger partial charge in [-0.1, -0.05) is 6.07 Å². The van der Waals surface area contributed by atoms with Gasteiger partial charge in [-0.05, 0) is 75.0 Å². The van der Waals surface area contributed by atoms with Crippen molar-refractivity contribution in [3.8, 4) is 5.75 Å². The van der Waals surface area contributed by atoms with Gasteiger partial charge in [0.2, 0.25) is 5.91 Å². The van der Waals surface area contributed by atoms with E-state index in [0.29, 0.717) is 29.8 Å². The van der Waals surface area contributed by atoms with E-state index in [0.717, 1.165) is 37.9 Å². The largest absolute Gasteiger partial charge is 0.493 e. The van der Waals surface area contributed by atoms with Crippen LogP contribution in [0.2, 0.25) is 0 Å². The fourth-order valence-electron chi connectivity index (χ4n) is 4.81. The highest BCUT2D eigenvalue weighted by Crippen LogP contribution is 2.51. The molecule has 2 amide bonds. The molecule has 168 valence electrons. The molecule has 5 rings (SSSR count). The van der Waals surface area contributed by atoms with Crippen LogP contribution >= 0.6 is 0 Å². The van der Waals surface area contributed by atoms with Crippen molar-refractivity contribution in [3.05, 3.63) is 41.7 Å². The van der Waals surface area contributed by atoms with Crippen molar-refractivity contribution >= 4 is 17.5 Å². The van der Waals surface area contributed by atoms with E-state index < -0.39 is 6.04 Å². The van der Waals surface area contributed by atoms with Gasteiger partial charge in [0.1, 0.15) is 17.5 Å². The van der Waals surface area contributed by atoms with Gasteiger partial charge >= 0.3 is 0 Å². The summed E-state index contributed by atoms with van der Waals surface area (Å²) in [5.41, 5.74) is 2.37. The molecule has 2 aliphatic carbocycles. The number of hydrogen-bond donors (Lipinski definition) is 2. The maximum absolute atomic E-state index is 13.5. The van der Waals surface area contributed by atoms with Crippen LogP contribution in [0.5, 0.6) is 5.75 Å². The molecule has 0 saturated heterocycles. The number of amides is 2. The molecule has 7 heteroatoms. The van der Waals surface area contributed by atoms with Crippen LogP contribution in [0.4, 0.5) is 5.69 Å². The lowest BCUT2D eigenvalue weighted by atomic mass is 9.88. The molecule has 2 fully saturated rings. The Bertz CT molecular complexity index is 989. The summed E-state index contributed by atoms with van der Waals surface area (Å²) in [5, 5.41) is 10.4. The Hall–Kier alpha value is -2.83. The lowest BCUT2D eigenvalue weighted by Gasteiger charge is -2.28. The summed E-state index contributed by atoms with van der Waals surface area (Å²) < 4.78 is 7.34. The topological polar surface area (TPSA) is 85.2 Å². The van der Waals surface area contributed by atoms with Crippen molar-refractivity contribution < 1.29 is 17.2 Å². The number of nitrogens with zero attached hydrogens (tertiary/aromatic N) is 2. The number of rotatable bonds is 8. The molecular weight excluding hydrogens is 392 g/mol. The molecule has 0 radical (unpaired) electrons. The molecule has 2 heterocycles. The summed E-state index contributed by atoms with van der Waals surface area (Å²) in [4.78, 5) is 26.6. The number of nitrogens with one attached hydrogen (secondary N) is 2. The van der Waals surface area contributed by atoms with Gasteiger partial charge in [-0.3, -0.25) is 14.3 Å². The molecule has 1 atom stereocenters. The zero-order valence-corrected chi connectivity index (χ0v) is 18.1. The molecule has 2 N–H and O–H groups in total. The third kappa shape index (κ3) is 4.18. The van der Waals surface area contributed by atoms with Crippen molar-refractivity contribution in [2.45, 2.75) is 58.0 Å². The summed E-state index contributed by atoms with van der Waals surface area (Å²) in [6, 6.07) is 7.03. The first kappa shape index (κ1) is 20.1. The number of aromatic nitrogens is 2. The van der Waals surface area contributed by atoms with Crippen LogP contribution in [0.15, 0.2) is 30.5 Å². The molecule has 1 aliphatic heterocycles. The van der Waals surface area contributed by atoms with E-state index in [-0.39, 0.29) is 26.6 Å². The first-order chi connectivity index (χ1) is 15.0. The van der Waals surface area contributed by atoms with Crippen LogP contribution in [0.3, 0.4) is 0 Å². The molecule has 0 spiro atoms. The predicted molar refractivity (Wildman–Crippen MR) is 121 cm³/mol. The first-order valence-corrected chi connectivity index (χ1v) is 11.4. The average Bonchev–Trinajstić information content (AvgIpc) is 3.66. The zero-order valence-electron chi connectivity index (χ0n) is 18.1. The molecule has 0 bridgehead atoms. The van der Waals surface area contributed by atoms with Gasteiger partial charge in [0, 0.05) is 33.3 Å². The molecule has 31 heavy (non-hydrogen) atoms. The summed E-state index contributed by atoms with van der Waals surface area (Å²) in [6.45, 7) is 4.66. The van der Waals surface area contributed by atoms with Gasteiger partial charge in [0.15, 0.2) is 0 Å². The summed E-state index contributed by atoms with van der Waals surface area (Å²) in [6.07, 6.45) is 7.08. The number of fused-ring (bicyclic) bond motifs is 1. The molecular formula is C24H34N4O3. The minimum absolute atomic E-state index is 0. The number of carbonyl (C=O) groups is 2. The van der Waals surface area contributed by atoms with Gasteiger partial charge < -0.3 is 15.4 Å². The summed E-state index contributed by atoms with van der Waals surface area (Å²) in [7, 11) is 0. The first-order valence-electron chi connectivity index (χ1n) is 11.4. The van der Waals surface area contributed by atoms with Gasteiger partial charge in [-0.2, -0.15) is 5.10 Å². The van der Waals surface area contributed by atoms with Gasteiger partial charge in [-0.15, -0.1) is 0 Å². The minimum atomic E-state index is -0.558. The number of benzene rings is 1. The SMILES string of the molecule is CC(C)n1nccc1C(=O)N[C@H](C(=O)Nc1ccc2c(c1)OCC2)C(C1CC1)C1CC1.[HH].[HH]. The minimum Gasteiger partial charge on any atom is -0.493 e. The second-order valence-corrected chi connectivity index (χ2v) is 9.37. The van der Waals surface area contributed by atoms with E-state index in [9.17, 15) is 9.59 Å². The smallest absolute Gasteiger partial charge is 0.270 e. The number of hydrogen-bond acceptors (Lipinski definition) is 4. The second-order valence-electron chi connectivity index (χ2n) is 9.37. The number of ether oxygens (including phenoxy) is 1. The van der Waals surface area contributed by atoms with Crippen LogP contribution < -0.4 is 15.4 Å². The molecule has 2 saturated carbocycles. The fourth-order valence-corrected chi connectivity index (χ4v) is 4.81. The highest BCUT2D eigenvalue weighted by atomic mass is 16.5. The Morgan fingerprint density at radius 2 is 1.90 bits per heavy atom. The molecule has 0 unspecified atom stereocenters. The molecule has 2 aromatic rings. The van der Waals surface area contributed by atoms with Crippen LogP contribution in [-0.4, -0.2) is 34.2 Å². The molecule has 7 nitrogen and oxygen atoms in total. The van der Waals surface area contributed by atoms with Gasteiger partial charge in [-0.25, -0.2) is 0 Å². The third-order valence-electron chi connectivity index (χ3n) is 6.64. The number of anilines is 1. The molecule has 1 aromatic carbocycles. The van der Waals surface area contributed by atoms with E-state index in [2.05, 4.69) is 15.7 Å². The zero-order chi connectivity index (χ0) is 21.5. The Balaban J connectivity index is 0.00000153. The Morgan fingerprint density at radius 1 is 1.16 bits per heavy atom. The average molecular weight is 427 g/mol. The van der Waals surface area contributed by atoms with E-state index in [1.807, 2.05) is 32.0 Å². The summed E-state index contributed by atoms with van der Waals surface area (Å²) >= 11 is 0. The Morgan fingerprint density at radius 3 is 2.58 bits per heavy atom. The second kappa shape index (κ2) is 8.02. The van der Waals surface area contributed by atoms with Crippen LogP contribution in [-0.2, 0) is 11.2 Å². The maximum Gasteiger partial charge on any atom is 0.270 e. The lowest BCUT2D eigenvalue weighted by Crippen LogP contribution is -2.50. The normalized spacial score (nSPS) is 18.6. The predicted octanol–water partition coefficient (Wildman–Crippen LogP) is 4.06. The van der Waals surface area contributed by atoms with Crippen molar-refractivity contribution in [1.82, 2.24) is 15.1 Å². The Labute approximate surface area is 185 Å². The molecule has 1 aromatic heterocycles. The van der Waals surface area contributed by atoms with E-state index in [1.54, 1.807) is 16.9 Å². The van der Waals surface area contributed by atoms with Gasteiger partial charge in [0.25, 0.3) is 5.91 Å². The van der Waals surface area contributed by atoms with Crippen molar-refractivity contribution in [2.75, 3.05) is 11.9 Å². The standard InChI is InChI=1S/C24H30N4O3.2H2/c1-14(2)28-19(9-11-25-28)23(29)27-22(21(16-3-4-16)17-5-6-17)24(30)26-18-8-7-15-10-12-31-20(15)13-18;;/h7-9,11,13-14,16-17,21-22H,3-6,10,12H2,1-2H3,(H,26,30)(H,27,29);2*1H/t22-;;/m0../s1. The fraction of sp³-hybridized carbons (Fsp3) is 0.542. The summed E-state index contributed by atoms with van der Waals surface area (Å²) in [5.74, 6) is 1.66. The van der Waals surface area contributed by atoms with E-state index in [4.69, 9.17) is 4.74 Å². The highest BCUT2D eigenvalue weighted by Gasteiger charge is 2.48. The monoisotopic (exact) mass is 426 g/mol. The van der Waals surface area contributed by atoms with Crippen molar-refractivity contribution in [1.29, 1.82) is 0 Å². The third-order valence-corrected chi connectivity index (χ3v) is 6.64. The van der Waals surface area contributed by atoms with E-state index in [1.165, 1.54) is 5.56 Å². The van der Waals surface area contributed by atoms with Crippen molar-refractivity contribution in [2.24, 2.45) is 17.8 Å². The quantitative estimate of drug-likeness (QED) is 0.666. The van der Waals surface area contributed by atoms with Crippen LogP contribution in [0, 0.1) is 17.8 Å². The molecule has 3 aliphatic rings. The maximum atomic E-state index is 13.5. The van der Waals surface area contributed by atoms with Crippen LogP contribution in [0.25, 0.3) is 0 Å². The highest BCUT2D eigenvalue weighted by molar-refractivity contribution is 6.01. The Kier molecular flexibility index (Phi) is 5.20. The number of carbonyl (C=O) groups excluding carboxylic acids is 2. The van der Waals surface area contributed by atoms with E-state index >= 15 is 0 Å². The van der Waals surface area contributed by atoms with Gasteiger partial charge in [0.05, 0.1) is 6.61 Å². The lowest BCUT2D eigenvalue weighted by molar-refractivity contribution is -0.119. The van der Waals surface area contributed by atoms with Crippen molar-refractivity contribution in [3.63, 3.8) is 0 Å².